The normalized spacial score (nSPS) is 10.3. The summed E-state index contributed by atoms with van der Waals surface area (Å²) >= 11 is 3.52. The molecule has 2 aromatic rings. The average Bonchev–Trinajstić information content (AvgIpc) is 2.43. The zero-order chi connectivity index (χ0) is 14.5. The first-order valence-corrected chi connectivity index (χ1v) is 7.46. The highest BCUT2D eigenvalue weighted by Crippen LogP contribution is 2.16. The molecule has 2 aromatic carbocycles. The molecule has 104 valence electrons. The van der Waals surface area contributed by atoms with E-state index >= 15 is 0 Å². The minimum absolute atomic E-state index is 0.00162. The number of nitrogens with one attached hydrogen (secondary N) is 1. The van der Waals surface area contributed by atoms with Gasteiger partial charge in [-0.25, -0.2) is 0 Å². The van der Waals surface area contributed by atoms with Crippen LogP contribution >= 0.6 is 15.9 Å². The predicted molar refractivity (Wildman–Crippen MR) is 86.1 cm³/mol. The average molecular weight is 332 g/mol. The third-order valence-electron chi connectivity index (χ3n) is 3.28. The summed E-state index contributed by atoms with van der Waals surface area (Å²) < 4.78 is 1.08. The summed E-state index contributed by atoms with van der Waals surface area (Å²) in [6.45, 7) is 4.59. The highest BCUT2D eigenvalue weighted by molar-refractivity contribution is 9.10. The predicted octanol–water partition coefficient (Wildman–Crippen LogP) is 4.04. The monoisotopic (exact) mass is 331 g/mol. The van der Waals surface area contributed by atoms with E-state index in [2.05, 4.69) is 27.3 Å². The summed E-state index contributed by atoms with van der Waals surface area (Å²) in [4.78, 5) is 12.2. The van der Waals surface area contributed by atoms with E-state index in [4.69, 9.17) is 0 Å². The van der Waals surface area contributed by atoms with Crippen molar-refractivity contribution in [2.45, 2.75) is 20.3 Å². The van der Waals surface area contributed by atoms with Crippen LogP contribution in [0.3, 0.4) is 0 Å². The fourth-order valence-corrected chi connectivity index (χ4v) is 2.57. The summed E-state index contributed by atoms with van der Waals surface area (Å²) in [5.74, 6) is -0.00162. The van der Waals surface area contributed by atoms with Gasteiger partial charge in [0, 0.05) is 16.6 Å². The number of aryl methyl sites for hydroxylation is 2. The molecule has 20 heavy (non-hydrogen) atoms. The molecule has 0 spiro atoms. The second-order valence-electron chi connectivity index (χ2n) is 4.92. The molecular weight excluding hydrogens is 314 g/mol. The van der Waals surface area contributed by atoms with Gasteiger partial charge in [0.05, 0.1) is 0 Å². The Bertz CT molecular complexity index is 622. The van der Waals surface area contributed by atoms with Crippen molar-refractivity contribution in [3.63, 3.8) is 0 Å². The lowest BCUT2D eigenvalue weighted by Gasteiger charge is -2.09. The number of carbonyl (C=O) groups is 1. The van der Waals surface area contributed by atoms with E-state index in [1.165, 1.54) is 5.56 Å². The highest BCUT2D eigenvalue weighted by atomic mass is 79.9. The fourth-order valence-electron chi connectivity index (χ4n) is 2.09. The minimum atomic E-state index is -0.00162. The molecule has 0 fully saturated rings. The minimum Gasteiger partial charge on any atom is -0.352 e. The molecule has 0 unspecified atom stereocenters. The van der Waals surface area contributed by atoms with Gasteiger partial charge in [0.15, 0.2) is 0 Å². The third kappa shape index (κ3) is 3.70. The number of hydrogen-bond acceptors (Lipinski definition) is 1. The SMILES string of the molecule is Cc1ccc(C)c(C(=O)NCCc2ccccc2Br)c1. The lowest BCUT2D eigenvalue weighted by atomic mass is 10.0. The van der Waals surface area contributed by atoms with Crippen molar-refractivity contribution in [3.05, 3.63) is 69.2 Å². The van der Waals surface area contributed by atoms with E-state index in [1.807, 2.05) is 50.2 Å². The summed E-state index contributed by atoms with van der Waals surface area (Å²) in [6.07, 6.45) is 0.817. The van der Waals surface area contributed by atoms with Crippen LogP contribution in [-0.2, 0) is 6.42 Å². The molecule has 1 amide bonds. The molecule has 2 nitrogen and oxygen atoms in total. The van der Waals surface area contributed by atoms with E-state index in [-0.39, 0.29) is 5.91 Å². The molecule has 0 radical (unpaired) electrons. The van der Waals surface area contributed by atoms with Gasteiger partial charge in [0.2, 0.25) is 0 Å². The van der Waals surface area contributed by atoms with E-state index in [0.717, 1.165) is 27.6 Å². The van der Waals surface area contributed by atoms with Gasteiger partial charge in [0.25, 0.3) is 5.91 Å². The lowest BCUT2D eigenvalue weighted by molar-refractivity contribution is 0.0953. The summed E-state index contributed by atoms with van der Waals surface area (Å²) in [5, 5.41) is 2.98. The van der Waals surface area contributed by atoms with Crippen molar-refractivity contribution in [1.82, 2.24) is 5.32 Å². The van der Waals surface area contributed by atoms with Crippen LogP contribution in [-0.4, -0.2) is 12.5 Å². The Morgan fingerprint density at radius 1 is 1.15 bits per heavy atom. The molecule has 0 bridgehead atoms. The van der Waals surface area contributed by atoms with Crippen molar-refractivity contribution >= 4 is 21.8 Å². The maximum Gasteiger partial charge on any atom is 0.251 e. The third-order valence-corrected chi connectivity index (χ3v) is 4.05. The molecule has 1 N–H and O–H groups in total. The molecule has 0 heterocycles. The van der Waals surface area contributed by atoms with Crippen LogP contribution in [0.4, 0.5) is 0 Å². The van der Waals surface area contributed by atoms with Gasteiger partial charge in [-0.1, -0.05) is 51.8 Å². The standard InChI is InChI=1S/C17H18BrNO/c1-12-7-8-13(2)15(11-12)17(20)19-10-9-14-5-3-4-6-16(14)18/h3-8,11H,9-10H2,1-2H3,(H,19,20). The molecule has 3 heteroatoms. The first-order chi connectivity index (χ1) is 9.58. The van der Waals surface area contributed by atoms with Gasteiger partial charge in [-0.05, 0) is 43.5 Å². The lowest BCUT2D eigenvalue weighted by Crippen LogP contribution is -2.26. The van der Waals surface area contributed by atoms with Crippen molar-refractivity contribution in [2.75, 3.05) is 6.54 Å². The van der Waals surface area contributed by atoms with E-state index < -0.39 is 0 Å². The Balaban J connectivity index is 1.96. The Morgan fingerprint density at radius 2 is 1.90 bits per heavy atom. The van der Waals surface area contributed by atoms with Crippen molar-refractivity contribution in [3.8, 4) is 0 Å². The number of hydrogen-bond donors (Lipinski definition) is 1. The summed E-state index contributed by atoms with van der Waals surface area (Å²) in [6, 6.07) is 14.0. The first-order valence-electron chi connectivity index (χ1n) is 6.67. The van der Waals surface area contributed by atoms with E-state index in [0.29, 0.717) is 6.54 Å². The second kappa shape index (κ2) is 6.71. The molecule has 0 aliphatic carbocycles. The molecule has 0 atom stereocenters. The summed E-state index contributed by atoms with van der Waals surface area (Å²) in [7, 11) is 0. The number of rotatable bonds is 4. The van der Waals surface area contributed by atoms with Crippen LogP contribution in [0, 0.1) is 13.8 Å². The number of halogens is 1. The van der Waals surface area contributed by atoms with Crippen LogP contribution in [0.5, 0.6) is 0 Å². The first kappa shape index (κ1) is 14.8. The van der Waals surface area contributed by atoms with Gasteiger partial charge < -0.3 is 5.32 Å². The Morgan fingerprint density at radius 3 is 2.65 bits per heavy atom. The zero-order valence-corrected chi connectivity index (χ0v) is 13.3. The highest BCUT2D eigenvalue weighted by Gasteiger charge is 2.08. The maximum atomic E-state index is 12.2. The van der Waals surface area contributed by atoms with Crippen LogP contribution < -0.4 is 5.32 Å². The van der Waals surface area contributed by atoms with Crippen molar-refractivity contribution < 1.29 is 4.79 Å². The van der Waals surface area contributed by atoms with Crippen LogP contribution in [0.15, 0.2) is 46.9 Å². The molecule has 0 aliphatic rings. The number of benzene rings is 2. The fraction of sp³-hybridized carbons (Fsp3) is 0.235. The summed E-state index contributed by atoms with van der Waals surface area (Å²) in [5.41, 5.74) is 4.08. The molecular formula is C17H18BrNO. The number of amides is 1. The van der Waals surface area contributed by atoms with Crippen LogP contribution in [0.25, 0.3) is 0 Å². The zero-order valence-electron chi connectivity index (χ0n) is 11.7. The van der Waals surface area contributed by atoms with E-state index in [1.54, 1.807) is 0 Å². The van der Waals surface area contributed by atoms with Gasteiger partial charge in [0.1, 0.15) is 0 Å². The molecule has 2 rings (SSSR count). The van der Waals surface area contributed by atoms with Crippen LogP contribution in [0.2, 0.25) is 0 Å². The quantitative estimate of drug-likeness (QED) is 0.900. The van der Waals surface area contributed by atoms with Gasteiger partial charge >= 0.3 is 0 Å². The molecule has 0 saturated carbocycles. The van der Waals surface area contributed by atoms with Gasteiger partial charge in [-0.3, -0.25) is 4.79 Å². The second-order valence-corrected chi connectivity index (χ2v) is 5.77. The van der Waals surface area contributed by atoms with Gasteiger partial charge in [-0.15, -0.1) is 0 Å². The molecule has 0 aromatic heterocycles. The van der Waals surface area contributed by atoms with Gasteiger partial charge in [-0.2, -0.15) is 0 Å². The smallest absolute Gasteiger partial charge is 0.251 e. The Labute approximate surface area is 128 Å². The Hall–Kier alpha value is -1.61. The molecule has 0 aliphatic heterocycles. The number of carbonyl (C=O) groups excluding carboxylic acids is 1. The topological polar surface area (TPSA) is 29.1 Å². The van der Waals surface area contributed by atoms with Crippen LogP contribution in [0.1, 0.15) is 27.0 Å². The Kier molecular flexibility index (Phi) is 4.96. The molecule has 0 saturated heterocycles. The van der Waals surface area contributed by atoms with Crippen molar-refractivity contribution in [2.24, 2.45) is 0 Å². The maximum absolute atomic E-state index is 12.2. The largest absolute Gasteiger partial charge is 0.352 e. The van der Waals surface area contributed by atoms with E-state index in [9.17, 15) is 4.79 Å². The van der Waals surface area contributed by atoms with Crippen molar-refractivity contribution in [1.29, 1.82) is 0 Å².